The maximum Gasteiger partial charge on any atom is 0.165 e. The molecule has 2 rings (SSSR count). The van der Waals surface area contributed by atoms with Gasteiger partial charge in [0, 0.05) is 18.5 Å². The molecular weight excluding hydrogens is 245 g/mol. The van der Waals surface area contributed by atoms with Crippen molar-refractivity contribution in [2.24, 2.45) is 0 Å². The number of rotatable bonds is 4. The average Bonchev–Trinajstić information content (AvgIpc) is 2.74. The summed E-state index contributed by atoms with van der Waals surface area (Å²) in [6, 6.07) is 4.75. The third-order valence-electron chi connectivity index (χ3n) is 3.14. The molecule has 5 heteroatoms. The quantitative estimate of drug-likeness (QED) is 0.922. The number of nitrogens with two attached hydrogens (primary N) is 1. The molecule has 2 aromatic rings. The largest absolute Gasteiger partial charge is 0.494 e. The van der Waals surface area contributed by atoms with Gasteiger partial charge in [-0.05, 0) is 25.1 Å². The second-order valence-corrected chi connectivity index (χ2v) is 4.21. The van der Waals surface area contributed by atoms with Crippen molar-refractivity contribution in [1.29, 1.82) is 0 Å². The molecule has 1 heterocycles. The molecule has 0 unspecified atom stereocenters. The predicted molar refractivity (Wildman–Crippen MR) is 73.6 cm³/mol. The first kappa shape index (κ1) is 13.4. The minimum absolute atomic E-state index is 0.216. The van der Waals surface area contributed by atoms with Crippen molar-refractivity contribution in [1.82, 2.24) is 9.55 Å². The summed E-state index contributed by atoms with van der Waals surface area (Å²) in [7, 11) is 1.44. The molecule has 0 aliphatic heterocycles. The van der Waals surface area contributed by atoms with Gasteiger partial charge in [-0.2, -0.15) is 0 Å². The van der Waals surface area contributed by atoms with E-state index in [1.807, 2.05) is 18.4 Å². The first-order chi connectivity index (χ1) is 9.12. The van der Waals surface area contributed by atoms with Gasteiger partial charge in [-0.1, -0.05) is 6.92 Å². The summed E-state index contributed by atoms with van der Waals surface area (Å²) < 4.78 is 20.6. The van der Waals surface area contributed by atoms with Crippen LogP contribution in [0.4, 0.5) is 10.2 Å². The molecule has 1 aromatic carbocycles. The molecule has 0 atom stereocenters. The first-order valence-electron chi connectivity index (χ1n) is 6.31. The second kappa shape index (κ2) is 5.30. The van der Waals surface area contributed by atoms with E-state index in [0.717, 1.165) is 18.8 Å². The number of nitrogens with zero attached hydrogens (tertiary/aromatic N) is 2. The normalized spacial score (nSPS) is 10.7. The summed E-state index contributed by atoms with van der Waals surface area (Å²) in [6.45, 7) is 4.78. The van der Waals surface area contributed by atoms with Gasteiger partial charge in [-0.25, -0.2) is 9.37 Å². The Morgan fingerprint density at radius 2 is 2.11 bits per heavy atom. The Morgan fingerprint density at radius 3 is 2.58 bits per heavy atom. The van der Waals surface area contributed by atoms with E-state index in [4.69, 9.17) is 10.5 Å². The lowest BCUT2D eigenvalue weighted by atomic mass is 10.1. The second-order valence-electron chi connectivity index (χ2n) is 4.21. The van der Waals surface area contributed by atoms with Crippen LogP contribution < -0.4 is 10.5 Å². The topological polar surface area (TPSA) is 53.1 Å². The van der Waals surface area contributed by atoms with Crippen LogP contribution in [-0.4, -0.2) is 16.7 Å². The maximum atomic E-state index is 13.7. The summed E-state index contributed by atoms with van der Waals surface area (Å²) in [4.78, 5) is 4.50. The molecule has 1 aromatic heterocycles. The van der Waals surface area contributed by atoms with Crippen LogP contribution in [0.15, 0.2) is 18.2 Å². The Morgan fingerprint density at radius 1 is 1.37 bits per heavy atom. The van der Waals surface area contributed by atoms with Crippen molar-refractivity contribution in [3.63, 3.8) is 0 Å². The highest BCUT2D eigenvalue weighted by Crippen LogP contribution is 2.29. The Labute approximate surface area is 112 Å². The van der Waals surface area contributed by atoms with E-state index >= 15 is 0 Å². The van der Waals surface area contributed by atoms with Crippen molar-refractivity contribution in [2.75, 3.05) is 12.8 Å². The zero-order chi connectivity index (χ0) is 14.0. The first-order valence-corrected chi connectivity index (χ1v) is 6.31. The van der Waals surface area contributed by atoms with Gasteiger partial charge in [0.15, 0.2) is 11.6 Å². The van der Waals surface area contributed by atoms with Gasteiger partial charge < -0.3 is 15.0 Å². The number of halogens is 1. The highest BCUT2D eigenvalue weighted by Gasteiger charge is 2.15. The Bertz CT molecular complexity index is 593. The smallest absolute Gasteiger partial charge is 0.165 e. The minimum Gasteiger partial charge on any atom is -0.494 e. The third kappa shape index (κ3) is 2.28. The Hall–Kier alpha value is -2.04. The molecule has 0 fully saturated rings. The van der Waals surface area contributed by atoms with Gasteiger partial charge in [0.25, 0.3) is 0 Å². The number of hydrogen-bond acceptors (Lipinski definition) is 3. The SMILES string of the molecule is CCc1nc(-c2ccc(OC)c(F)c2)c(N)n1CC. The van der Waals surface area contributed by atoms with Crippen LogP contribution >= 0.6 is 0 Å². The van der Waals surface area contributed by atoms with Gasteiger partial charge >= 0.3 is 0 Å². The van der Waals surface area contributed by atoms with Crippen LogP contribution in [0.25, 0.3) is 11.3 Å². The fraction of sp³-hybridized carbons (Fsp3) is 0.357. The summed E-state index contributed by atoms with van der Waals surface area (Å²) in [5.41, 5.74) is 7.38. The Kier molecular flexibility index (Phi) is 3.74. The van der Waals surface area contributed by atoms with Crippen LogP contribution in [0.5, 0.6) is 5.75 Å². The molecule has 0 spiro atoms. The number of imidazole rings is 1. The number of aryl methyl sites for hydroxylation is 1. The molecule has 2 N–H and O–H groups in total. The number of nitrogen functional groups attached to an aromatic ring is 1. The van der Waals surface area contributed by atoms with E-state index < -0.39 is 5.82 Å². The van der Waals surface area contributed by atoms with Crippen molar-refractivity contribution >= 4 is 5.82 Å². The molecule has 0 bridgehead atoms. The molecule has 4 nitrogen and oxygen atoms in total. The van der Waals surface area contributed by atoms with Crippen LogP contribution in [0.2, 0.25) is 0 Å². The summed E-state index contributed by atoms with van der Waals surface area (Å²) in [6.07, 6.45) is 0.788. The molecular formula is C14H18FN3O. The highest BCUT2D eigenvalue weighted by molar-refractivity contribution is 5.71. The zero-order valence-electron chi connectivity index (χ0n) is 11.4. The summed E-state index contributed by atoms with van der Waals surface area (Å²) in [5, 5.41) is 0. The number of hydrogen-bond donors (Lipinski definition) is 1. The maximum absolute atomic E-state index is 13.7. The molecule has 0 aliphatic rings. The summed E-state index contributed by atoms with van der Waals surface area (Å²) in [5.74, 6) is 1.28. The predicted octanol–water partition coefficient (Wildman–Crippen LogP) is 2.86. The van der Waals surface area contributed by atoms with Crippen LogP contribution in [0.1, 0.15) is 19.7 Å². The van der Waals surface area contributed by atoms with E-state index in [0.29, 0.717) is 17.1 Å². The third-order valence-corrected chi connectivity index (χ3v) is 3.14. The molecule has 102 valence electrons. The molecule has 19 heavy (non-hydrogen) atoms. The number of ether oxygens (including phenoxy) is 1. The van der Waals surface area contributed by atoms with Crippen LogP contribution in [0, 0.1) is 5.82 Å². The van der Waals surface area contributed by atoms with Crippen LogP contribution in [-0.2, 0) is 13.0 Å². The van der Waals surface area contributed by atoms with E-state index in [2.05, 4.69) is 4.98 Å². The lowest BCUT2D eigenvalue weighted by molar-refractivity contribution is 0.386. The standard InChI is InChI=1S/C14H18FN3O/c1-4-12-17-13(14(16)18(12)5-2)9-6-7-11(19-3)10(15)8-9/h6-8H,4-5,16H2,1-3H3. The van der Waals surface area contributed by atoms with Crippen molar-refractivity contribution in [2.45, 2.75) is 26.8 Å². The fourth-order valence-corrected chi connectivity index (χ4v) is 2.16. The van der Waals surface area contributed by atoms with Gasteiger partial charge in [0.1, 0.15) is 17.3 Å². The van der Waals surface area contributed by atoms with Crippen molar-refractivity contribution in [3.05, 3.63) is 29.8 Å². The van der Waals surface area contributed by atoms with Gasteiger partial charge in [-0.15, -0.1) is 0 Å². The van der Waals surface area contributed by atoms with Gasteiger partial charge in [0.05, 0.1) is 7.11 Å². The minimum atomic E-state index is -0.413. The zero-order valence-corrected chi connectivity index (χ0v) is 11.4. The van der Waals surface area contributed by atoms with E-state index in [1.54, 1.807) is 12.1 Å². The molecule has 0 aliphatic carbocycles. The average molecular weight is 263 g/mol. The monoisotopic (exact) mass is 263 g/mol. The lowest BCUT2D eigenvalue weighted by Gasteiger charge is -2.06. The van der Waals surface area contributed by atoms with E-state index in [9.17, 15) is 4.39 Å². The van der Waals surface area contributed by atoms with Crippen molar-refractivity contribution < 1.29 is 9.13 Å². The fourth-order valence-electron chi connectivity index (χ4n) is 2.16. The Balaban J connectivity index is 2.53. The molecule has 0 amide bonds. The van der Waals surface area contributed by atoms with E-state index in [1.165, 1.54) is 13.2 Å². The van der Waals surface area contributed by atoms with Crippen molar-refractivity contribution in [3.8, 4) is 17.0 Å². The highest BCUT2D eigenvalue weighted by atomic mass is 19.1. The molecule has 0 saturated carbocycles. The molecule has 0 saturated heterocycles. The molecule has 0 radical (unpaired) electrons. The lowest BCUT2D eigenvalue weighted by Crippen LogP contribution is -2.04. The van der Waals surface area contributed by atoms with Crippen LogP contribution in [0.3, 0.4) is 0 Å². The number of aromatic nitrogens is 2. The summed E-state index contributed by atoms with van der Waals surface area (Å²) >= 11 is 0. The van der Waals surface area contributed by atoms with Gasteiger partial charge in [0.2, 0.25) is 0 Å². The number of benzene rings is 1. The van der Waals surface area contributed by atoms with Gasteiger partial charge in [-0.3, -0.25) is 0 Å². The van der Waals surface area contributed by atoms with E-state index in [-0.39, 0.29) is 5.75 Å². The number of anilines is 1. The number of methoxy groups -OCH3 is 1.